The highest BCUT2D eigenvalue weighted by atomic mass is 35.5. The monoisotopic (exact) mass is 324 g/mol. The number of nitrogens with one attached hydrogen (secondary N) is 1. The maximum atomic E-state index is 11.4. The molecule has 1 fully saturated rings. The van der Waals surface area contributed by atoms with Gasteiger partial charge in [0.2, 0.25) is 16.4 Å². The van der Waals surface area contributed by atoms with Gasteiger partial charge in [0.15, 0.2) is 5.16 Å². The summed E-state index contributed by atoms with van der Waals surface area (Å²) in [5.41, 5.74) is 0.436. The third-order valence-electron chi connectivity index (χ3n) is 3.00. The molecule has 1 saturated heterocycles. The zero-order valence-corrected chi connectivity index (χ0v) is 12.9. The summed E-state index contributed by atoms with van der Waals surface area (Å²) >= 11 is 7.13. The Balaban J connectivity index is 1.89. The first kappa shape index (κ1) is 14.3. The molecule has 0 bridgehead atoms. The number of anilines is 1. The zero-order chi connectivity index (χ0) is 14.8. The highest BCUT2D eigenvalue weighted by molar-refractivity contribution is 7.99. The molecular weight excluding hydrogens is 312 g/mol. The van der Waals surface area contributed by atoms with Crippen LogP contribution in [0.15, 0.2) is 21.2 Å². The van der Waals surface area contributed by atoms with Crippen LogP contribution in [0, 0.1) is 6.92 Å². The molecular formula is C12H13ClN6OS. The predicted molar refractivity (Wildman–Crippen MR) is 80.0 cm³/mol. The second-order valence-electron chi connectivity index (χ2n) is 4.68. The third kappa shape index (κ3) is 3.51. The van der Waals surface area contributed by atoms with E-state index >= 15 is 0 Å². The molecule has 3 heterocycles. The van der Waals surface area contributed by atoms with Gasteiger partial charge in [-0.05, 0) is 43.1 Å². The molecule has 1 aliphatic heterocycles. The summed E-state index contributed by atoms with van der Waals surface area (Å²) in [4.78, 5) is 33.0. The Morgan fingerprint density at radius 1 is 1.24 bits per heavy atom. The molecule has 0 aliphatic carbocycles. The minimum absolute atomic E-state index is 0.143. The van der Waals surface area contributed by atoms with Gasteiger partial charge in [0.25, 0.3) is 5.56 Å². The van der Waals surface area contributed by atoms with Crippen LogP contribution >= 0.6 is 23.4 Å². The minimum atomic E-state index is -0.204. The van der Waals surface area contributed by atoms with Gasteiger partial charge in [0.05, 0.1) is 0 Å². The molecule has 2 aromatic heterocycles. The first-order valence-electron chi connectivity index (χ1n) is 6.52. The molecule has 110 valence electrons. The molecule has 9 heteroatoms. The maximum absolute atomic E-state index is 11.4. The first-order valence-corrected chi connectivity index (χ1v) is 7.72. The Labute approximate surface area is 130 Å². The number of aromatic amines is 1. The van der Waals surface area contributed by atoms with Crippen molar-refractivity contribution in [3.8, 4) is 0 Å². The van der Waals surface area contributed by atoms with Crippen molar-refractivity contribution in [2.24, 2.45) is 0 Å². The molecule has 0 unspecified atom stereocenters. The van der Waals surface area contributed by atoms with Crippen molar-refractivity contribution in [3.63, 3.8) is 0 Å². The minimum Gasteiger partial charge on any atom is -0.341 e. The Morgan fingerprint density at radius 3 is 2.71 bits per heavy atom. The van der Waals surface area contributed by atoms with Crippen LogP contribution in [0.4, 0.5) is 5.95 Å². The van der Waals surface area contributed by atoms with E-state index in [9.17, 15) is 4.79 Å². The normalized spacial score (nSPS) is 14.7. The molecule has 0 spiro atoms. The lowest BCUT2D eigenvalue weighted by molar-refractivity contribution is 0.820. The van der Waals surface area contributed by atoms with E-state index in [1.54, 1.807) is 6.92 Å². The number of hydrogen-bond donors (Lipinski definition) is 1. The van der Waals surface area contributed by atoms with Gasteiger partial charge >= 0.3 is 0 Å². The number of aromatic nitrogens is 5. The predicted octanol–water partition coefficient (Wildman–Crippen LogP) is 1.67. The number of rotatable bonds is 3. The molecule has 7 nitrogen and oxygen atoms in total. The summed E-state index contributed by atoms with van der Waals surface area (Å²) in [6.07, 6.45) is 2.25. The van der Waals surface area contributed by atoms with Crippen molar-refractivity contribution in [3.05, 3.63) is 27.4 Å². The number of nitrogens with zero attached hydrogens (tertiary/aromatic N) is 5. The van der Waals surface area contributed by atoms with Crippen molar-refractivity contribution in [2.45, 2.75) is 30.1 Å². The van der Waals surface area contributed by atoms with Crippen LogP contribution in [-0.2, 0) is 0 Å². The van der Waals surface area contributed by atoms with E-state index in [-0.39, 0.29) is 10.8 Å². The zero-order valence-electron chi connectivity index (χ0n) is 11.3. The molecule has 1 N–H and O–H groups in total. The standard InChI is InChI=1S/C12H13ClN6OS/c1-7-6-8(20)15-11(14-7)21-12-17-9(13)16-10(18-12)19-4-2-3-5-19/h6H,2-5H2,1H3,(H,14,15,20). The third-order valence-corrected chi connectivity index (χ3v) is 3.92. The number of hydrogen-bond acceptors (Lipinski definition) is 7. The second kappa shape index (κ2) is 5.98. The molecule has 2 aromatic rings. The summed E-state index contributed by atoms with van der Waals surface area (Å²) in [6.45, 7) is 3.60. The molecule has 21 heavy (non-hydrogen) atoms. The Morgan fingerprint density at radius 2 is 2.00 bits per heavy atom. The summed E-state index contributed by atoms with van der Waals surface area (Å²) in [5.74, 6) is 0.574. The van der Waals surface area contributed by atoms with Crippen LogP contribution < -0.4 is 10.5 Å². The van der Waals surface area contributed by atoms with Gasteiger partial charge in [0.1, 0.15) is 0 Å². The van der Waals surface area contributed by atoms with E-state index < -0.39 is 0 Å². The quantitative estimate of drug-likeness (QED) is 0.859. The Bertz CT molecular complexity index is 715. The Kier molecular flexibility index (Phi) is 4.07. The van der Waals surface area contributed by atoms with Crippen LogP contribution in [0.1, 0.15) is 18.5 Å². The van der Waals surface area contributed by atoms with E-state index in [1.807, 2.05) is 0 Å². The molecule has 0 radical (unpaired) electrons. The molecule has 0 saturated carbocycles. The summed E-state index contributed by atoms with van der Waals surface area (Å²) < 4.78 is 0. The van der Waals surface area contributed by atoms with Gasteiger partial charge in [-0.2, -0.15) is 15.0 Å². The summed E-state index contributed by atoms with van der Waals surface area (Å²) in [5, 5.41) is 1.00. The van der Waals surface area contributed by atoms with Crippen LogP contribution in [0.25, 0.3) is 0 Å². The fourth-order valence-electron chi connectivity index (χ4n) is 2.11. The van der Waals surface area contributed by atoms with Crippen LogP contribution in [0.2, 0.25) is 5.28 Å². The first-order chi connectivity index (χ1) is 10.1. The van der Waals surface area contributed by atoms with Crippen LogP contribution in [0.3, 0.4) is 0 Å². The summed E-state index contributed by atoms with van der Waals surface area (Å²) in [7, 11) is 0. The van der Waals surface area contributed by atoms with Crippen molar-refractivity contribution in [2.75, 3.05) is 18.0 Å². The van der Waals surface area contributed by atoms with Gasteiger partial charge < -0.3 is 9.88 Å². The average Bonchev–Trinajstić information content (AvgIpc) is 2.90. The van der Waals surface area contributed by atoms with Crippen molar-refractivity contribution >= 4 is 29.3 Å². The molecule has 1 aliphatic rings. The van der Waals surface area contributed by atoms with E-state index in [2.05, 4.69) is 29.8 Å². The topological polar surface area (TPSA) is 87.7 Å². The fourth-order valence-corrected chi connectivity index (χ4v) is 3.09. The van der Waals surface area contributed by atoms with Crippen LogP contribution in [0.5, 0.6) is 0 Å². The van der Waals surface area contributed by atoms with E-state index in [0.717, 1.165) is 37.7 Å². The Hall–Kier alpha value is -1.67. The van der Waals surface area contributed by atoms with Crippen molar-refractivity contribution in [1.29, 1.82) is 0 Å². The lowest BCUT2D eigenvalue weighted by atomic mass is 10.4. The van der Waals surface area contributed by atoms with Gasteiger partial charge in [-0.25, -0.2) is 4.98 Å². The number of halogens is 1. The highest BCUT2D eigenvalue weighted by Crippen LogP contribution is 2.24. The smallest absolute Gasteiger partial charge is 0.251 e. The summed E-state index contributed by atoms with van der Waals surface area (Å²) in [6, 6.07) is 1.43. The van der Waals surface area contributed by atoms with E-state index in [1.165, 1.54) is 6.07 Å². The molecule has 0 amide bonds. The molecule has 0 aromatic carbocycles. The maximum Gasteiger partial charge on any atom is 0.251 e. The fraction of sp³-hybridized carbons (Fsp3) is 0.417. The van der Waals surface area contributed by atoms with E-state index in [4.69, 9.17) is 11.6 Å². The van der Waals surface area contributed by atoms with Gasteiger partial charge in [-0.3, -0.25) is 4.79 Å². The SMILES string of the molecule is Cc1cc(=O)[nH]c(Sc2nc(Cl)nc(N3CCCC3)n2)n1. The molecule has 3 rings (SSSR count). The molecule has 0 atom stereocenters. The second-order valence-corrected chi connectivity index (χ2v) is 5.97. The average molecular weight is 325 g/mol. The van der Waals surface area contributed by atoms with Crippen molar-refractivity contribution < 1.29 is 0 Å². The van der Waals surface area contributed by atoms with Gasteiger partial charge in [0, 0.05) is 24.8 Å². The highest BCUT2D eigenvalue weighted by Gasteiger charge is 2.17. The lowest BCUT2D eigenvalue weighted by Gasteiger charge is -2.15. The van der Waals surface area contributed by atoms with Crippen molar-refractivity contribution in [1.82, 2.24) is 24.9 Å². The lowest BCUT2D eigenvalue weighted by Crippen LogP contribution is -2.21. The van der Waals surface area contributed by atoms with E-state index in [0.29, 0.717) is 22.0 Å². The number of H-pyrrole nitrogens is 1. The van der Waals surface area contributed by atoms with Gasteiger partial charge in [-0.15, -0.1) is 0 Å². The van der Waals surface area contributed by atoms with Gasteiger partial charge in [-0.1, -0.05) is 0 Å². The largest absolute Gasteiger partial charge is 0.341 e. The number of aryl methyl sites for hydroxylation is 1. The van der Waals surface area contributed by atoms with Crippen LogP contribution in [-0.4, -0.2) is 38.0 Å².